The molecule has 0 fully saturated rings. The fourth-order valence-corrected chi connectivity index (χ4v) is 2.69. The Kier molecular flexibility index (Phi) is 5.82. The van der Waals surface area contributed by atoms with Gasteiger partial charge in [0.25, 0.3) is 0 Å². The molecule has 0 heterocycles. The molecular formula is C17H31NO. The summed E-state index contributed by atoms with van der Waals surface area (Å²) in [6, 6.07) is 0.406. The lowest BCUT2D eigenvalue weighted by molar-refractivity contribution is -0.270. The van der Waals surface area contributed by atoms with Crippen LogP contribution < -0.4 is 0 Å². The summed E-state index contributed by atoms with van der Waals surface area (Å²) in [7, 11) is 0. The first kappa shape index (κ1) is 16.5. The highest BCUT2D eigenvalue weighted by Crippen LogP contribution is 2.32. The van der Waals surface area contributed by atoms with E-state index in [9.17, 15) is 0 Å². The minimum Gasteiger partial charge on any atom is -0.295 e. The van der Waals surface area contributed by atoms with Crippen molar-refractivity contribution in [3.63, 3.8) is 0 Å². The summed E-state index contributed by atoms with van der Waals surface area (Å²) in [5.74, 6) is 1.09. The maximum Gasteiger partial charge on any atom is 0.0737 e. The van der Waals surface area contributed by atoms with Crippen molar-refractivity contribution in [1.29, 1.82) is 0 Å². The average Bonchev–Trinajstić information content (AvgIpc) is 2.27. The van der Waals surface area contributed by atoms with Gasteiger partial charge in [0.15, 0.2) is 0 Å². The van der Waals surface area contributed by atoms with E-state index in [2.05, 4.69) is 77.8 Å². The van der Waals surface area contributed by atoms with Crippen molar-refractivity contribution in [2.24, 2.45) is 11.8 Å². The summed E-state index contributed by atoms with van der Waals surface area (Å²) in [6.07, 6.45) is 10.2. The van der Waals surface area contributed by atoms with E-state index in [1.807, 2.05) is 0 Å². The predicted molar refractivity (Wildman–Crippen MR) is 82.8 cm³/mol. The molecule has 19 heavy (non-hydrogen) atoms. The molecule has 1 aliphatic carbocycles. The summed E-state index contributed by atoms with van der Waals surface area (Å²) in [4.78, 5) is 6.17. The van der Waals surface area contributed by atoms with Gasteiger partial charge in [-0.25, -0.2) is 0 Å². The van der Waals surface area contributed by atoms with Gasteiger partial charge in [0, 0.05) is 11.6 Å². The molecule has 110 valence electrons. The van der Waals surface area contributed by atoms with Crippen LogP contribution in [-0.2, 0) is 4.84 Å². The number of rotatable bonds is 5. The van der Waals surface area contributed by atoms with Crippen molar-refractivity contribution >= 4 is 0 Å². The van der Waals surface area contributed by atoms with Crippen LogP contribution >= 0.6 is 0 Å². The van der Waals surface area contributed by atoms with E-state index in [1.54, 1.807) is 0 Å². The summed E-state index contributed by atoms with van der Waals surface area (Å²) in [5, 5.41) is 2.23. The average molecular weight is 265 g/mol. The van der Waals surface area contributed by atoms with Crippen molar-refractivity contribution < 1.29 is 4.84 Å². The molecule has 2 atom stereocenters. The quantitative estimate of drug-likeness (QED) is 0.674. The van der Waals surface area contributed by atoms with Crippen molar-refractivity contribution in [3.8, 4) is 0 Å². The molecule has 2 heteroatoms. The minimum atomic E-state index is 0.00814. The summed E-state index contributed by atoms with van der Waals surface area (Å²) in [5.41, 5.74) is 0.00814. The van der Waals surface area contributed by atoms with E-state index >= 15 is 0 Å². The third-order valence-electron chi connectivity index (χ3n) is 3.39. The van der Waals surface area contributed by atoms with Crippen LogP contribution in [0.15, 0.2) is 24.3 Å². The zero-order valence-electron chi connectivity index (χ0n) is 13.7. The zero-order valence-corrected chi connectivity index (χ0v) is 13.7. The minimum absolute atomic E-state index is 0.00814. The molecular weight excluding hydrogens is 234 g/mol. The smallest absolute Gasteiger partial charge is 0.0737 e. The largest absolute Gasteiger partial charge is 0.295 e. The number of hydrogen-bond acceptors (Lipinski definition) is 2. The number of allylic oxidation sites excluding steroid dienone is 3. The second-order valence-corrected chi connectivity index (χ2v) is 7.10. The highest BCUT2D eigenvalue weighted by Gasteiger charge is 2.36. The molecule has 2 nitrogen and oxygen atoms in total. The van der Waals surface area contributed by atoms with Crippen molar-refractivity contribution in [2.45, 2.75) is 72.6 Å². The molecule has 0 spiro atoms. The van der Waals surface area contributed by atoms with Gasteiger partial charge in [-0.2, -0.15) is 5.06 Å². The number of nitrogens with zero attached hydrogens (tertiary/aromatic N) is 1. The van der Waals surface area contributed by atoms with Crippen LogP contribution in [0.2, 0.25) is 0 Å². The Labute approximate surface area is 119 Å². The molecule has 0 aliphatic heterocycles. The molecule has 0 N–H and O–H groups in total. The van der Waals surface area contributed by atoms with E-state index in [0.29, 0.717) is 17.9 Å². The fourth-order valence-electron chi connectivity index (χ4n) is 2.69. The van der Waals surface area contributed by atoms with Crippen molar-refractivity contribution in [3.05, 3.63) is 24.3 Å². The molecule has 0 bridgehead atoms. The second kappa shape index (κ2) is 6.71. The Morgan fingerprint density at radius 3 is 2.11 bits per heavy atom. The standard InChI is InChI=1S/C17H31NO/c1-13(2)16(15-11-9-8-10-12-15)18(17(5,6)7)19-14(3)4/h8-11,13-16H,12H2,1-7H3. The fraction of sp³-hybridized carbons (Fsp3) is 0.765. The summed E-state index contributed by atoms with van der Waals surface area (Å²) in [6.45, 7) is 15.5. The van der Waals surface area contributed by atoms with Gasteiger partial charge in [-0.15, -0.1) is 0 Å². The van der Waals surface area contributed by atoms with Crippen LogP contribution in [0.25, 0.3) is 0 Å². The SMILES string of the molecule is CC(C)ON(C(C(C)C)C1C=CC=CC1)C(C)(C)C. The second-order valence-electron chi connectivity index (χ2n) is 7.10. The number of hydroxylamine groups is 2. The van der Waals surface area contributed by atoms with Gasteiger partial charge >= 0.3 is 0 Å². The Morgan fingerprint density at radius 1 is 1.11 bits per heavy atom. The Balaban J connectivity index is 2.98. The summed E-state index contributed by atoms with van der Waals surface area (Å²) < 4.78 is 0. The summed E-state index contributed by atoms with van der Waals surface area (Å²) >= 11 is 0. The van der Waals surface area contributed by atoms with Gasteiger partial charge in [-0.3, -0.25) is 4.84 Å². The van der Waals surface area contributed by atoms with E-state index < -0.39 is 0 Å². The molecule has 0 aromatic carbocycles. The first-order chi connectivity index (χ1) is 8.73. The third kappa shape index (κ3) is 4.77. The normalized spacial score (nSPS) is 21.7. The van der Waals surface area contributed by atoms with Crippen molar-refractivity contribution in [2.75, 3.05) is 0 Å². The highest BCUT2D eigenvalue weighted by molar-refractivity contribution is 5.13. The van der Waals surface area contributed by atoms with Crippen LogP contribution in [0.4, 0.5) is 0 Å². The van der Waals surface area contributed by atoms with E-state index in [0.717, 1.165) is 6.42 Å². The predicted octanol–water partition coefficient (Wildman–Crippen LogP) is 4.58. The van der Waals surface area contributed by atoms with Gasteiger partial charge in [0.1, 0.15) is 0 Å². The lowest BCUT2D eigenvalue weighted by Gasteiger charge is -2.46. The van der Waals surface area contributed by atoms with E-state index in [1.165, 1.54) is 0 Å². The molecule has 1 rings (SSSR count). The van der Waals surface area contributed by atoms with Gasteiger partial charge in [0.05, 0.1) is 6.10 Å². The third-order valence-corrected chi connectivity index (χ3v) is 3.39. The zero-order chi connectivity index (χ0) is 14.6. The first-order valence-corrected chi connectivity index (χ1v) is 7.53. The topological polar surface area (TPSA) is 12.5 Å². The molecule has 0 amide bonds. The van der Waals surface area contributed by atoms with Gasteiger partial charge in [-0.1, -0.05) is 38.2 Å². The Bertz CT molecular complexity index is 323. The molecule has 0 saturated carbocycles. The first-order valence-electron chi connectivity index (χ1n) is 7.53. The molecule has 0 radical (unpaired) electrons. The number of hydrogen-bond donors (Lipinski definition) is 0. The molecule has 0 saturated heterocycles. The van der Waals surface area contributed by atoms with E-state index in [-0.39, 0.29) is 11.6 Å². The van der Waals surface area contributed by atoms with Crippen LogP contribution in [0.3, 0.4) is 0 Å². The van der Waals surface area contributed by atoms with Gasteiger partial charge in [-0.05, 0) is 52.9 Å². The molecule has 1 aliphatic rings. The highest BCUT2D eigenvalue weighted by atomic mass is 16.7. The Morgan fingerprint density at radius 2 is 1.74 bits per heavy atom. The Hall–Kier alpha value is -0.600. The molecule has 0 aromatic heterocycles. The molecule has 2 unspecified atom stereocenters. The van der Waals surface area contributed by atoms with Gasteiger partial charge < -0.3 is 0 Å². The van der Waals surface area contributed by atoms with Crippen LogP contribution in [0.1, 0.15) is 54.9 Å². The van der Waals surface area contributed by atoms with Gasteiger partial charge in [0.2, 0.25) is 0 Å². The lowest BCUT2D eigenvalue weighted by atomic mass is 9.84. The van der Waals surface area contributed by atoms with Crippen LogP contribution in [0.5, 0.6) is 0 Å². The molecule has 0 aromatic rings. The lowest BCUT2D eigenvalue weighted by Crippen LogP contribution is -2.54. The maximum absolute atomic E-state index is 6.17. The van der Waals surface area contributed by atoms with Crippen LogP contribution in [0, 0.1) is 11.8 Å². The van der Waals surface area contributed by atoms with Crippen LogP contribution in [-0.4, -0.2) is 22.7 Å². The maximum atomic E-state index is 6.17. The monoisotopic (exact) mass is 265 g/mol. The van der Waals surface area contributed by atoms with E-state index in [4.69, 9.17) is 4.84 Å². The van der Waals surface area contributed by atoms with Crippen molar-refractivity contribution in [1.82, 2.24) is 5.06 Å².